The third kappa shape index (κ3) is 4.16. The number of nitrogens with one attached hydrogen (secondary N) is 1. The Morgan fingerprint density at radius 1 is 1.50 bits per heavy atom. The van der Waals surface area contributed by atoms with Crippen molar-refractivity contribution in [3.05, 3.63) is 24.0 Å². The largest absolute Gasteiger partial charge is 0.489 e. The Morgan fingerprint density at radius 3 is 2.75 bits per heavy atom. The summed E-state index contributed by atoms with van der Waals surface area (Å²) in [6.07, 6.45) is 2.34. The predicted molar refractivity (Wildman–Crippen MR) is 63.4 cm³/mol. The maximum absolute atomic E-state index is 9.77. The zero-order chi connectivity index (χ0) is 12.0. The quantitative estimate of drug-likeness (QED) is 0.765. The van der Waals surface area contributed by atoms with E-state index >= 15 is 0 Å². The fourth-order valence-electron chi connectivity index (χ4n) is 1.12. The Kier molecular flexibility index (Phi) is 4.71. The van der Waals surface area contributed by atoms with E-state index in [0.717, 1.165) is 12.2 Å². The first-order valence-electron chi connectivity index (χ1n) is 5.52. The molecule has 1 heterocycles. The first-order chi connectivity index (χ1) is 7.57. The number of hydrogen-bond acceptors (Lipinski definition) is 4. The molecular formula is C12H20N2O2. The molecule has 1 atom stereocenters. The molecule has 4 heteroatoms. The molecule has 0 aliphatic carbocycles. The Hall–Kier alpha value is -1.13. The first kappa shape index (κ1) is 12.9. The van der Waals surface area contributed by atoms with E-state index in [2.05, 4.69) is 10.3 Å². The second-order valence-corrected chi connectivity index (χ2v) is 4.15. The van der Waals surface area contributed by atoms with Crippen molar-refractivity contribution in [1.29, 1.82) is 0 Å². The topological polar surface area (TPSA) is 54.4 Å². The number of rotatable bonds is 6. The number of pyridine rings is 1. The standard InChI is InChI=1S/C12H20N2O2/c1-4-12(2,15)9-16-11-6-5-10(7-13-3)14-8-11/h5-6,8,13,15H,4,7,9H2,1-3H3. The molecule has 16 heavy (non-hydrogen) atoms. The summed E-state index contributed by atoms with van der Waals surface area (Å²) in [5, 5.41) is 12.8. The molecule has 1 rings (SSSR count). The second-order valence-electron chi connectivity index (χ2n) is 4.15. The van der Waals surface area contributed by atoms with Crippen molar-refractivity contribution in [2.45, 2.75) is 32.4 Å². The highest BCUT2D eigenvalue weighted by atomic mass is 16.5. The van der Waals surface area contributed by atoms with Gasteiger partial charge in [0, 0.05) is 6.54 Å². The minimum atomic E-state index is -0.774. The summed E-state index contributed by atoms with van der Waals surface area (Å²) in [5.41, 5.74) is 0.195. The van der Waals surface area contributed by atoms with Gasteiger partial charge < -0.3 is 15.2 Å². The van der Waals surface area contributed by atoms with E-state index in [1.54, 1.807) is 13.1 Å². The van der Waals surface area contributed by atoms with Crippen molar-refractivity contribution in [2.75, 3.05) is 13.7 Å². The summed E-state index contributed by atoms with van der Waals surface area (Å²) in [6.45, 7) is 4.72. The minimum Gasteiger partial charge on any atom is -0.489 e. The Balaban J connectivity index is 2.49. The van der Waals surface area contributed by atoms with Gasteiger partial charge in [0.05, 0.1) is 17.5 Å². The van der Waals surface area contributed by atoms with E-state index in [9.17, 15) is 5.11 Å². The maximum atomic E-state index is 9.77. The highest BCUT2D eigenvalue weighted by molar-refractivity contribution is 5.19. The van der Waals surface area contributed by atoms with Gasteiger partial charge in [-0.15, -0.1) is 0 Å². The first-order valence-corrected chi connectivity index (χ1v) is 5.52. The van der Waals surface area contributed by atoms with E-state index in [0.29, 0.717) is 12.2 Å². The lowest BCUT2D eigenvalue weighted by Gasteiger charge is -2.21. The van der Waals surface area contributed by atoms with E-state index in [4.69, 9.17) is 4.74 Å². The van der Waals surface area contributed by atoms with Crippen LogP contribution in [0.4, 0.5) is 0 Å². The highest BCUT2D eigenvalue weighted by Crippen LogP contribution is 2.14. The summed E-state index contributed by atoms with van der Waals surface area (Å²) < 4.78 is 5.46. The molecule has 0 saturated carbocycles. The molecule has 0 radical (unpaired) electrons. The van der Waals surface area contributed by atoms with Gasteiger partial charge in [0.25, 0.3) is 0 Å². The average Bonchev–Trinajstić information content (AvgIpc) is 2.29. The van der Waals surface area contributed by atoms with Crippen LogP contribution >= 0.6 is 0 Å². The van der Waals surface area contributed by atoms with Crippen LogP contribution in [0, 0.1) is 0 Å². The second kappa shape index (κ2) is 5.82. The van der Waals surface area contributed by atoms with Gasteiger partial charge in [-0.25, -0.2) is 0 Å². The van der Waals surface area contributed by atoms with Crippen molar-refractivity contribution >= 4 is 0 Å². The summed E-state index contributed by atoms with van der Waals surface area (Å²) in [4.78, 5) is 4.23. The number of aromatic nitrogens is 1. The average molecular weight is 224 g/mol. The molecule has 0 bridgehead atoms. The van der Waals surface area contributed by atoms with Crippen LogP contribution in [0.25, 0.3) is 0 Å². The van der Waals surface area contributed by atoms with Crippen molar-refractivity contribution < 1.29 is 9.84 Å². The van der Waals surface area contributed by atoms with Crippen LogP contribution in [0.5, 0.6) is 5.75 Å². The van der Waals surface area contributed by atoms with Crippen molar-refractivity contribution in [3.63, 3.8) is 0 Å². The molecule has 0 aromatic carbocycles. The molecule has 1 aromatic heterocycles. The number of ether oxygens (including phenoxy) is 1. The molecule has 4 nitrogen and oxygen atoms in total. The molecule has 90 valence electrons. The molecule has 2 N–H and O–H groups in total. The van der Waals surface area contributed by atoms with E-state index in [-0.39, 0.29) is 6.61 Å². The van der Waals surface area contributed by atoms with Crippen molar-refractivity contribution in [2.24, 2.45) is 0 Å². The van der Waals surface area contributed by atoms with Crippen LogP contribution < -0.4 is 10.1 Å². The van der Waals surface area contributed by atoms with Crippen LogP contribution in [0.15, 0.2) is 18.3 Å². The monoisotopic (exact) mass is 224 g/mol. The Labute approximate surface area is 96.7 Å². The Morgan fingerprint density at radius 2 is 2.25 bits per heavy atom. The van der Waals surface area contributed by atoms with Gasteiger partial charge in [0.1, 0.15) is 12.4 Å². The van der Waals surface area contributed by atoms with Gasteiger partial charge in [-0.2, -0.15) is 0 Å². The summed E-state index contributed by atoms with van der Waals surface area (Å²) in [5.74, 6) is 0.688. The lowest BCUT2D eigenvalue weighted by molar-refractivity contribution is 0.00835. The zero-order valence-corrected chi connectivity index (χ0v) is 10.2. The third-order valence-electron chi connectivity index (χ3n) is 2.47. The molecule has 0 aliphatic heterocycles. The summed E-state index contributed by atoms with van der Waals surface area (Å²) >= 11 is 0. The van der Waals surface area contributed by atoms with Crippen molar-refractivity contribution in [3.8, 4) is 5.75 Å². The van der Waals surface area contributed by atoms with Crippen LogP contribution in [-0.2, 0) is 6.54 Å². The summed E-state index contributed by atoms with van der Waals surface area (Å²) in [7, 11) is 1.88. The van der Waals surface area contributed by atoms with E-state index in [1.165, 1.54) is 0 Å². The fourth-order valence-corrected chi connectivity index (χ4v) is 1.12. The molecular weight excluding hydrogens is 204 g/mol. The van der Waals surface area contributed by atoms with Crippen LogP contribution in [-0.4, -0.2) is 29.3 Å². The lowest BCUT2D eigenvalue weighted by atomic mass is 10.1. The molecule has 1 unspecified atom stereocenters. The normalized spacial score (nSPS) is 14.5. The smallest absolute Gasteiger partial charge is 0.137 e. The van der Waals surface area contributed by atoms with Gasteiger partial charge in [-0.3, -0.25) is 4.98 Å². The Bertz CT molecular complexity index is 309. The maximum Gasteiger partial charge on any atom is 0.137 e. The van der Waals surface area contributed by atoms with Gasteiger partial charge in [0.15, 0.2) is 0 Å². The number of hydrogen-bond donors (Lipinski definition) is 2. The van der Waals surface area contributed by atoms with Gasteiger partial charge in [0.2, 0.25) is 0 Å². The van der Waals surface area contributed by atoms with Crippen LogP contribution in [0.2, 0.25) is 0 Å². The lowest BCUT2D eigenvalue weighted by Crippen LogP contribution is -2.31. The molecule has 0 spiro atoms. The van der Waals surface area contributed by atoms with Crippen LogP contribution in [0.3, 0.4) is 0 Å². The third-order valence-corrected chi connectivity index (χ3v) is 2.47. The van der Waals surface area contributed by atoms with E-state index < -0.39 is 5.60 Å². The van der Waals surface area contributed by atoms with Crippen molar-refractivity contribution in [1.82, 2.24) is 10.3 Å². The number of aliphatic hydroxyl groups is 1. The van der Waals surface area contributed by atoms with Gasteiger partial charge >= 0.3 is 0 Å². The highest BCUT2D eigenvalue weighted by Gasteiger charge is 2.18. The summed E-state index contributed by atoms with van der Waals surface area (Å²) in [6, 6.07) is 3.78. The van der Waals surface area contributed by atoms with Gasteiger partial charge in [-0.05, 0) is 32.5 Å². The molecule has 1 aromatic rings. The fraction of sp³-hybridized carbons (Fsp3) is 0.583. The SMILES string of the molecule is CCC(C)(O)COc1ccc(CNC)nc1. The number of nitrogens with zero attached hydrogens (tertiary/aromatic N) is 1. The van der Waals surface area contributed by atoms with Gasteiger partial charge in [-0.1, -0.05) is 6.92 Å². The molecule has 0 saturated heterocycles. The van der Waals surface area contributed by atoms with Crippen LogP contribution in [0.1, 0.15) is 26.0 Å². The molecule has 0 fully saturated rings. The van der Waals surface area contributed by atoms with E-state index in [1.807, 2.05) is 26.1 Å². The predicted octanol–water partition coefficient (Wildman–Crippen LogP) is 1.34. The minimum absolute atomic E-state index is 0.288. The molecule has 0 aliphatic rings. The molecule has 0 amide bonds. The zero-order valence-electron chi connectivity index (χ0n) is 10.2.